The molecule has 0 radical (unpaired) electrons. The van der Waals surface area contributed by atoms with Gasteiger partial charge in [0.15, 0.2) is 0 Å². The highest BCUT2D eigenvalue weighted by molar-refractivity contribution is 5.98. The molecule has 1 saturated heterocycles. The van der Waals surface area contributed by atoms with Crippen LogP contribution in [0.5, 0.6) is 5.75 Å². The molecule has 1 aliphatic rings. The fourth-order valence-corrected chi connectivity index (χ4v) is 2.38. The summed E-state index contributed by atoms with van der Waals surface area (Å²) >= 11 is 0. The lowest BCUT2D eigenvalue weighted by Gasteiger charge is -2.23. The van der Waals surface area contributed by atoms with E-state index in [1.807, 2.05) is 25.1 Å². The first-order chi connectivity index (χ1) is 9.52. The number of hydrogen-bond donors (Lipinski definition) is 1. The van der Waals surface area contributed by atoms with Crippen LogP contribution in [0.15, 0.2) is 18.2 Å². The number of amides is 2. The molecule has 0 bridgehead atoms. The Balaban J connectivity index is 2.11. The van der Waals surface area contributed by atoms with Gasteiger partial charge in [-0.1, -0.05) is 6.07 Å². The first kappa shape index (κ1) is 14.4. The number of benzene rings is 1. The highest BCUT2D eigenvalue weighted by Gasteiger charge is 2.29. The van der Waals surface area contributed by atoms with Crippen LogP contribution in [0.1, 0.15) is 25.3 Å². The van der Waals surface area contributed by atoms with Crippen molar-refractivity contribution in [1.29, 1.82) is 0 Å². The van der Waals surface area contributed by atoms with E-state index < -0.39 is 6.04 Å². The fraction of sp³-hybridized carbons (Fsp3) is 0.467. The number of methoxy groups -OCH3 is 1. The number of carbonyl (C=O) groups is 2. The van der Waals surface area contributed by atoms with Gasteiger partial charge in [0.25, 0.3) is 0 Å². The number of ether oxygens (including phenoxy) is 1. The molecule has 1 unspecified atom stereocenters. The summed E-state index contributed by atoms with van der Waals surface area (Å²) in [5.41, 5.74) is 1.67. The van der Waals surface area contributed by atoms with E-state index in [0.29, 0.717) is 24.4 Å². The van der Waals surface area contributed by atoms with Gasteiger partial charge < -0.3 is 15.0 Å². The molecule has 1 heterocycles. The molecule has 1 fully saturated rings. The van der Waals surface area contributed by atoms with E-state index in [1.165, 1.54) is 0 Å². The number of rotatable bonds is 4. The molecule has 5 nitrogen and oxygen atoms in total. The largest absolute Gasteiger partial charge is 0.495 e. The second-order valence-corrected chi connectivity index (χ2v) is 5.06. The molecule has 0 aliphatic carbocycles. The monoisotopic (exact) mass is 276 g/mol. The summed E-state index contributed by atoms with van der Waals surface area (Å²) < 4.78 is 5.23. The van der Waals surface area contributed by atoms with E-state index >= 15 is 0 Å². The average molecular weight is 276 g/mol. The van der Waals surface area contributed by atoms with Crippen LogP contribution in [-0.2, 0) is 9.59 Å². The van der Waals surface area contributed by atoms with Crippen LogP contribution in [0.2, 0.25) is 0 Å². The molecule has 0 aromatic heterocycles. The van der Waals surface area contributed by atoms with E-state index in [2.05, 4.69) is 5.32 Å². The third-order valence-corrected chi connectivity index (χ3v) is 3.57. The Hall–Kier alpha value is -2.04. The Morgan fingerprint density at radius 3 is 2.80 bits per heavy atom. The van der Waals surface area contributed by atoms with Crippen molar-refractivity contribution in [2.45, 2.75) is 32.7 Å². The second kappa shape index (κ2) is 5.94. The molecule has 2 amide bonds. The zero-order valence-electron chi connectivity index (χ0n) is 12.1. The van der Waals surface area contributed by atoms with Crippen LogP contribution in [0, 0.1) is 6.92 Å². The first-order valence-electron chi connectivity index (χ1n) is 6.78. The maximum atomic E-state index is 12.3. The number of anilines is 1. The van der Waals surface area contributed by atoms with Gasteiger partial charge in [-0.05, 0) is 38.0 Å². The Labute approximate surface area is 118 Å². The first-order valence-corrected chi connectivity index (χ1v) is 6.78. The summed E-state index contributed by atoms with van der Waals surface area (Å²) in [5, 5.41) is 2.84. The summed E-state index contributed by atoms with van der Waals surface area (Å²) in [5.74, 6) is 0.469. The molecule has 1 aromatic rings. The number of nitrogens with one attached hydrogen (secondary N) is 1. The van der Waals surface area contributed by atoms with Gasteiger partial charge in [-0.2, -0.15) is 0 Å². The Bertz CT molecular complexity index is 528. The van der Waals surface area contributed by atoms with Gasteiger partial charge in [0, 0.05) is 13.0 Å². The normalized spacial score (nSPS) is 16.1. The smallest absolute Gasteiger partial charge is 0.246 e. The van der Waals surface area contributed by atoms with Crippen molar-refractivity contribution in [2.75, 3.05) is 19.0 Å². The zero-order valence-corrected chi connectivity index (χ0v) is 12.1. The zero-order chi connectivity index (χ0) is 14.7. The van der Waals surface area contributed by atoms with Gasteiger partial charge in [-0.3, -0.25) is 9.59 Å². The van der Waals surface area contributed by atoms with Crippen LogP contribution in [0.3, 0.4) is 0 Å². The van der Waals surface area contributed by atoms with E-state index in [9.17, 15) is 9.59 Å². The van der Waals surface area contributed by atoms with Crippen molar-refractivity contribution in [3.63, 3.8) is 0 Å². The lowest BCUT2D eigenvalue weighted by Crippen LogP contribution is -2.42. The van der Waals surface area contributed by atoms with Crippen LogP contribution < -0.4 is 10.1 Å². The molecular weight excluding hydrogens is 256 g/mol. The maximum Gasteiger partial charge on any atom is 0.246 e. The molecular formula is C15H20N2O3. The highest BCUT2D eigenvalue weighted by atomic mass is 16.5. The summed E-state index contributed by atoms with van der Waals surface area (Å²) in [4.78, 5) is 25.6. The molecule has 20 heavy (non-hydrogen) atoms. The maximum absolute atomic E-state index is 12.3. The number of aryl methyl sites for hydroxylation is 1. The number of carbonyl (C=O) groups excluding carboxylic acids is 2. The quantitative estimate of drug-likeness (QED) is 0.914. The van der Waals surface area contributed by atoms with Crippen molar-refractivity contribution >= 4 is 17.5 Å². The van der Waals surface area contributed by atoms with E-state index in [1.54, 1.807) is 18.9 Å². The minimum absolute atomic E-state index is 0.0452. The summed E-state index contributed by atoms with van der Waals surface area (Å²) in [7, 11) is 1.56. The molecule has 0 saturated carbocycles. The molecule has 1 atom stereocenters. The third kappa shape index (κ3) is 2.92. The highest BCUT2D eigenvalue weighted by Crippen LogP contribution is 2.26. The predicted octanol–water partition coefficient (Wildman–Crippen LogP) is 1.95. The van der Waals surface area contributed by atoms with Crippen LogP contribution in [0.25, 0.3) is 0 Å². The molecule has 1 N–H and O–H groups in total. The average Bonchev–Trinajstić information content (AvgIpc) is 2.84. The summed E-state index contributed by atoms with van der Waals surface area (Å²) in [6.45, 7) is 4.35. The minimum atomic E-state index is -0.463. The van der Waals surface area contributed by atoms with Crippen molar-refractivity contribution in [1.82, 2.24) is 4.90 Å². The van der Waals surface area contributed by atoms with E-state index in [0.717, 1.165) is 12.0 Å². The van der Waals surface area contributed by atoms with Gasteiger partial charge in [0.05, 0.1) is 12.8 Å². The SMILES string of the molecule is COc1ccc(C)cc1NC(=O)C(C)N1CCCC1=O. The molecule has 1 aliphatic heterocycles. The van der Waals surface area contributed by atoms with Gasteiger partial charge in [-0.15, -0.1) is 0 Å². The Morgan fingerprint density at radius 1 is 1.45 bits per heavy atom. The number of hydrogen-bond acceptors (Lipinski definition) is 3. The molecule has 2 rings (SSSR count). The number of nitrogens with zero attached hydrogens (tertiary/aromatic N) is 1. The lowest BCUT2D eigenvalue weighted by molar-refractivity contribution is -0.134. The van der Waals surface area contributed by atoms with Gasteiger partial charge in [0.2, 0.25) is 11.8 Å². The van der Waals surface area contributed by atoms with Crippen molar-refractivity contribution < 1.29 is 14.3 Å². The van der Waals surface area contributed by atoms with Crippen molar-refractivity contribution in [3.05, 3.63) is 23.8 Å². The van der Waals surface area contributed by atoms with Crippen molar-refractivity contribution in [2.24, 2.45) is 0 Å². The molecule has 108 valence electrons. The van der Waals surface area contributed by atoms with Crippen LogP contribution in [-0.4, -0.2) is 36.4 Å². The van der Waals surface area contributed by atoms with Gasteiger partial charge in [0.1, 0.15) is 11.8 Å². The third-order valence-electron chi connectivity index (χ3n) is 3.57. The van der Waals surface area contributed by atoms with Gasteiger partial charge >= 0.3 is 0 Å². The van der Waals surface area contributed by atoms with E-state index in [-0.39, 0.29) is 11.8 Å². The van der Waals surface area contributed by atoms with Crippen molar-refractivity contribution in [3.8, 4) is 5.75 Å². The summed E-state index contributed by atoms with van der Waals surface area (Å²) in [6, 6.07) is 5.13. The van der Waals surface area contributed by atoms with Crippen LogP contribution >= 0.6 is 0 Å². The predicted molar refractivity (Wildman–Crippen MR) is 76.8 cm³/mol. The lowest BCUT2D eigenvalue weighted by atomic mass is 10.2. The van der Waals surface area contributed by atoms with Gasteiger partial charge in [-0.25, -0.2) is 0 Å². The fourth-order valence-electron chi connectivity index (χ4n) is 2.38. The topological polar surface area (TPSA) is 58.6 Å². The Morgan fingerprint density at radius 2 is 2.20 bits per heavy atom. The van der Waals surface area contributed by atoms with Crippen LogP contribution in [0.4, 0.5) is 5.69 Å². The number of likely N-dealkylation sites (tertiary alicyclic amines) is 1. The minimum Gasteiger partial charge on any atom is -0.495 e. The van der Waals surface area contributed by atoms with E-state index in [4.69, 9.17) is 4.74 Å². The standard InChI is InChI=1S/C15H20N2O3/c1-10-6-7-13(20-3)12(9-10)16-15(19)11(2)17-8-4-5-14(17)18/h6-7,9,11H,4-5,8H2,1-3H3,(H,16,19). The molecule has 5 heteroatoms. The Kier molecular flexibility index (Phi) is 4.27. The molecule has 1 aromatic carbocycles. The second-order valence-electron chi connectivity index (χ2n) is 5.06. The molecule has 0 spiro atoms. The summed E-state index contributed by atoms with van der Waals surface area (Å²) in [6.07, 6.45) is 1.36.